The Kier molecular flexibility index (Phi) is 15.7. The van der Waals surface area contributed by atoms with Crippen molar-refractivity contribution in [3.05, 3.63) is 153 Å². The van der Waals surface area contributed by atoms with Gasteiger partial charge < -0.3 is 24.0 Å². The second kappa shape index (κ2) is 21.4. The van der Waals surface area contributed by atoms with E-state index in [-0.39, 0.29) is 28.9 Å². The molecule has 5 aromatic carbocycles. The van der Waals surface area contributed by atoms with Crippen molar-refractivity contribution in [2.75, 3.05) is 69.0 Å². The summed E-state index contributed by atoms with van der Waals surface area (Å²) in [5.74, 6) is 1.17. The van der Waals surface area contributed by atoms with Crippen molar-refractivity contribution in [2.45, 2.75) is 83.6 Å². The summed E-state index contributed by atoms with van der Waals surface area (Å²) < 4.78 is 59.8. The van der Waals surface area contributed by atoms with Gasteiger partial charge in [-0.1, -0.05) is 74.3 Å². The van der Waals surface area contributed by atoms with Gasteiger partial charge in [-0.2, -0.15) is 18.4 Å². The van der Waals surface area contributed by atoms with Crippen LogP contribution in [0.2, 0.25) is 10.0 Å². The van der Waals surface area contributed by atoms with Gasteiger partial charge in [0, 0.05) is 48.5 Å². The van der Waals surface area contributed by atoms with E-state index in [2.05, 4.69) is 51.7 Å². The van der Waals surface area contributed by atoms with Crippen LogP contribution in [0.3, 0.4) is 0 Å². The van der Waals surface area contributed by atoms with Crippen molar-refractivity contribution in [2.24, 2.45) is 4.99 Å². The molecule has 0 aromatic heterocycles. The van der Waals surface area contributed by atoms with E-state index in [1.54, 1.807) is 49.1 Å². The van der Waals surface area contributed by atoms with Crippen LogP contribution in [0.15, 0.2) is 114 Å². The standard InChI is InChI=1S/C57H60Cl2F3N7O5S/c1-9-73-48-34-40(53(2,3)4)15-25-46(48)49-64-55(7,38-11-16-41(58)17-12-38)56(8,39-13-18-42(59)19-14-39)69(49)51(71)66-28-26-65(27-29-66)30-31-72-32-33-74-45-23-21-43(22-24-45)68-52(75)67(50(70)54(68,5)6)44-20-10-37(36-63)47(35-44)57(60,61)62/h10-25,34-35H,9,26-33H2,1-8H3. The number of halogens is 5. The maximum absolute atomic E-state index is 15.5. The Morgan fingerprint density at radius 3 is 1.99 bits per heavy atom. The SMILES string of the molecule is CCOc1cc(C(C)(C)C)ccc1C1=NC(C)(c2ccc(Cl)cc2)C(C)(c2ccc(Cl)cc2)N1C(=O)N1CCN(CCOCCOc2ccc(N3C(=S)N(c4ccc(C#N)c(C(F)(F)F)c4)C(=O)C3(C)C)cc2)CC1. The summed E-state index contributed by atoms with van der Waals surface area (Å²) in [7, 11) is 0. The lowest BCUT2D eigenvalue weighted by Crippen LogP contribution is -2.60. The molecule has 18 heteroatoms. The average molecular weight is 1080 g/mol. The quantitative estimate of drug-likeness (QED) is 0.0792. The molecular formula is C57H60Cl2F3N7O5S. The minimum atomic E-state index is -4.80. The summed E-state index contributed by atoms with van der Waals surface area (Å²) >= 11 is 18.6. The van der Waals surface area contributed by atoms with Gasteiger partial charge >= 0.3 is 12.2 Å². The number of carbonyl (C=O) groups excluding carboxylic acids is 2. The van der Waals surface area contributed by atoms with E-state index in [4.69, 9.17) is 54.6 Å². The van der Waals surface area contributed by atoms with Crippen molar-refractivity contribution in [3.8, 4) is 17.6 Å². The van der Waals surface area contributed by atoms with Crippen molar-refractivity contribution in [1.82, 2.24) is 14.7 Å². The highest BCUT2D eigenvalue weighted by molar-refractivity contribution is 7.81. The maximum atomic E-state index is 15.5. The molecule has 3 aliphatic heterocycles. The molecule has 2 unspecified atom stereocenters. The van der Waals surface area contributed by atoms with Crippen molar-refractivity contribution in [1.29, 1.82) is 5.26 Å². The van der Waals surface area contributed by atoms with E-state index in [0.29, 0.717) is 91.2 Å². The lowest BCUT2D eigenvalue weighted by molar-refractivity contribution is -0.137. The molecule has 2 saturated heterocycles. The number of nitrogens with zero attached hydrogens (tertiary/aromatic N) is 7. The average Bonchev–Trinajstić information content (AvgIpc) is 3.72. The Labute approximate surface area is 452 Å². The Bertz CT molecular complexity index is 3030. The Hall–Kier alpha value is -6.22. The number of benzene rings is 5. The third-order valence-electron chi connectivity index (χ3n) is 14.5. The smallest absolute Gasteiger partial charge is 0.417 e. The number of thiocarbonyl (C=S) groups is 1. The fourth-order valence-electron chi connectivity index (χ4n) is 9.99. The van der Waals surface area contributed by atoms with Crippen LogP contribution in [0.1, 0.15) is 88.8 Å². The monoisotopic (exact) mass is 1080 g/mol. The summed E-state index contributed by atoms with van der Waals surface area (Å²) in [6.07, 6.45) is -4.80. The summed E-state index contributed by atoms with van der Waals surface area (Å²) in [4.78, 5) is 43.4. The number of urea groups is 1. The molecule has 394 valence electrons. The van der Waals surface area contributed by atoms with Gasteiger partial charge in [0.05, 0.1) is 48.3 Å². The highest BCUT2D eigenvalue weighted by Gasteiger charge is 2.60. The number of hydrogen-bond acceptors (Lipinski definition) is 9. The summed E-state index contributed by atoms with van der Waals surface area (Å²) in [6.45, 7) is 20.1. The predicted octanol–water partition coefficient (Wildman–Crippen LogP) is 12.2. The van der Waals surface area contributed by atoms with Gasteiger partial charge in [0.25, 0.3) is 5.91 Å². The van der Waals surface area contributed by atoms with E-state index < -0.39 is 39.8 Å². The first-order chi connectivity index (χ1) is 35.4. The van der Waals surface area contributed by atoms with E-state index in [1.165, 1.54) is 6.07 Å². The van der Waals surface area contributed by atoms with Crippen LogP contribution in [-0.2, 0) is 32.2 Å². The Morgan fingerprint density at radius 1 is 0.787 bits per heavy atom. The fourth-order valence-corrected chi connectivity index (χ4v) is 10.8. The van der Waals surface area contributed by atoms with Crippen LogP contribution in [-0.4, -0.2) is 102 Å². The topological polar surface area (TPSA) is 114 Å². The van der Waals surface area contributed by atoms with Crippen LogP contribution in [0.5, 0.6) is 11.5 Å². The third-order valence-corrected chi connectivity index (χ3v) is 15.3. The first kappa shape index (κ1) is 55.0. The molecule has 8 rings (SSSR count). The number of amidine groups is 1. The second-order valence-electron chi connectivity index (χ2n) is 20.5. The van der Waals surface area contributed by atoms with E-state index in [1.807, 2.05) is 71.3 Å². The second-order valence-corrected chi connectivity index (χ2v) is 21.8. The molecule has 0 radical (unpaired) electrons. The number of nitriles is 1. The molecule has 5 aromatic rings. The zero-order valence-electron chi connectivity index (χ0n) is 43.2. The first-order valence-corrected chi connectivity index (χ1v) is 25.9. The molecule has 3 aliphatic rings. The van der Waals surface area contributed by atoms with E-state index >= 15 is 4.79 Å². The number of alkyl halides is 3. The lowest BCUT2D eigenvalue weighted by Gasteiger charge is -2.47. The molecule has 0 spiro atoms. The Morgan fingerprint density at radius 2 is 1.40 bits per heavy atom. The molecule has 3 heterocycles. The molecule has 0 bridgehead atoms. The van der Waals surface area contributed by atoms with Crippen LogP contribution in [0.4, 0.5) is 29.3 Å². The van der Waals surface area contributed by atoms with Crippen molar-refractivity contribution < 1.29 is 37.0 Å². The normalized spacial score (nSPS) is 20.1. The molecule has 0 aliphatic carbocycles. The highest BCUT2D eigenvalue weighted by Crippen LogP contribution is 2.54. The molecule has 2 fully saturated rings. The number of ether oxygens (including phenoxy) is 3. The fraction of sp³-hybridized carbons (Fsp3) is 0.386. The molecule has 2 atom stereocenters. The number of anilines is 2. The minimum Gasteiger partial charge on any atom is -0.493 e. The molecule has 0 saturated carbocycles. The molecular weight excluding hydrogens is 1020 g/mol. The number of rotatable bonds is 14. The van der Waals surface area contributed by atoms with Gasteiger partial charge in [-0.3, -0.25) is 24.5 Å². The predicted molar refractivity (Wildman–Crippen MR) is 291 cm³/mol. The number of piperazine rings is 1. The third kappa shape index (κ3) is 10.7. The number of carbonyl (C=O) groups is 2. The van der Waals surface area contributed by atoms with Gasteiger partial charge in [-0.25, -0.2) is 4.79 Å². The molecule has 3 amide bonds. The van der Waals surface area contributed by atoms with Gasteiger partial charge in [-0.05, 0) is 148 Å². The van der Waals surface area contributed by atoms with Gasteiger partial charge in [0.15, 0.2) is 5.11 Å². The Balaban J connectivity index is 0.908. The maximum Gasteiger partial charge on any atom is 0.417 e. The lowest BCUT2D eigenvalue weighted by atomic mass is 9.71. The van der Waals surface area contributed by atoms with Gasteiger partial charge in [0.1, 0.15) is 40.6 Å². The van der Waals surface area contributed by atoms with Crippen molar-refractivity contribution in [3.63, 3.8) is 0 Å². The van der Waals surface area contributed by atoms with E-state index in [0.717, 1.165) is 33.7 Å². The van der Waals surface area contributed by atoms with E-state index in [9.17, 15) is 23.2 Å². The summed E-state index contributed by atoms with van der Waals surface area (Å²) in [6, 6.07) is 32.8. The van der Waals surface area contributed by atoms with Crippen LogP contribution in [0, 0.1) is 11.3 Å². The summed E-state index contributed by atoms with van der Waals surface area (Å²) in [5.41, 5.74) is -1.14. The zero-order valence-corrected chi connectivity index (χ0v) is 45.6. The molecule has 75 heavy (non-hydrogen) atoms. The van der Waals surface area contributed by atoms with Crippen molar-refractivity contribution >= 4 is 69.7 Å². The van der Waals surface area contributed by atoms with Crippen LogP contribution >= 0.6 is 35.4 Å². The minimum absolute atomic E-state index is 0.00254. The number of hydrogen-bond donors (Lipinski definition) is 0. The first-order valence-electron chi connectivity index (χ1n) is 24.8. The van der Waals surface area contributed by atoms with Crippen LogP contribution in [0.25, 0.3) is 0 Å². The zero-order chi connectivity index (χ0) is 54.3. The number of aliphatic imine (C=N–C) groups is 1. The molecule has 12 nitrogen and oxygen atoms in total. The van der Waals surface area contributed by atoms with Crippen LogP contribution < -0.4 is 19.3 Å². The van der Waals surface area contributed by atoms with Gasteiger partial charge in [0.2, 0.25) is 0 Å². The van der Waals surface area contributed by atoms with Gasteiger partial charge in [-0.15, -0.1) is 0 Å². The largest absolute Gasteiger partial charge is 0.493 e. The number of amides is 3. The molecule has 0 N–H and O–H groups in total. The summed E-state index contributed by atoms with van der Waals surface area (Å²) in [5, 5.41) is 10.4. The highest BCUT2D eigenvalue weighted by atomic mass is 35.5.